The van der Waals surface area contributed by atoms with Crippen LogP contribution in [-0.4, -0.2) is 18.2 Å². The Hall–Kier alpha value is -1.11. The molecule has 0 bridgehead atoms. The highest BCUT2D eigenvalue weighted by atomic mass is 35.5. The van der Waals surface area contributed by atoms with Gasteiger partial charge in [-0.25, -0.2) is 0 Å². The zero-order valence-corrected chi connectivity index (χ0v) is 10.3. The molecule has 0 spiro atoms. The minimum absolute atomic E-state index is 0.0463. The van der Waals surface area contributed by atoms with E-state index in [9.17, 15) is 4.79 Å². The van der Waals surface area contributed by atoms with Crippen LogP contribution in [0.3, 0.4) is 0 Å². The minimum atomic E-state index is -0.0463. The van der Waals surface area contributed by atoms with Gasteiger partial charge in [0.15, 0.2) is 0 Å². The van der Waals surface area contributed by atoms with Crippen LogP contribution in [0.4, 0.5) is 0 Å². The van der Waals surface area contributed by atoms with Crippen LogP contribution in [0.2, 0.25) is 5.02 Å². The first-order valence-electron chi connectivity index (χ1n) is 4.75. The van der Waals surface area contributed by atoms with Crippen molar-refractivity contribution in [2.45, 2.75) is 5.75 Å². The van der Waals surface area contributed by atoms with E-state index in [1.54, 1.807) is 0 Å². The van der Waals surface area contributed by atoms with Crippen LogP contribution in [0.1, 0.15) is 5.56 Å². The third-order valence-electron chi connectivity index (χ3n) is 1.84. The van der Waals surface area contributed by atoms with Crippen molar-refractivity contribution in [1.82, 2.24) is 5.32 Å². The molecule has 84 valence electrons. The number of carbonyl (C=O) groups is 1. The molecule has 1 amide bonds. The Balaban J connectivity index is 2.29. The van der Waals surface area contributed by atoms with Gasteiger partial charge in [-0.1, -0.05) is 35.7 Å². The van der Waals surface area contributed by atoms with Gasteiger partial charge in [0, 0.05) is 10.8 Å². The van der Waals surface area contributed by atoms with Gasteiger partial charge in [0.25, 0.3) is 0 Å². The standard InChI is InChI=1S/C12H12ClNOS/c1-2-7-14-12(15)9-16-8-10-5-3-4-6-11(10)13/h1,3-6H,7-9H2,(H,14,15). The molecular formula is C12H12ClNOS. The fraction of sp³-hybridized carbons (Fsp3) is 0.250. The lowest BCUT2D eigenvalue weighted by molar-refractivity contribution is -0.118. The molecule has 0 aliphatic heterocycles. The smallest absolute Gasteiger partial charge is 0.230 e. The number of hydrogen-bond donors (Lipinski definition) is 1. The number of amides is 1. The van der Waals surface area contributed by atoms with E-state index in [0.717, 1.165) is 16.3 Å². The maximum Gasteiger partial charge on any atom is 0.230 e. The molecule has 0 atom stereocenters. The zero-order valence-electron chi connectivity index (χ0n) is 8.70. The van der Waals surface area contributed by atoms with Gasteiger partial charge in [-0.15, -0.1) is 18.2 Å². The van der Waals surface area contributed by atoms with Crippen molar-refractivity contribution in [2.75, 3.05) is 12.3 Å². The Bertz CT molecular complexity index is 400. The van der Waals surface area contributed by atoms with E-state index < -0.39 is 0 Å². The molecule has 0 saturated heterocycles. The van der Waals surface area contributed by atoms with E-state index in [4.69, 9.17) is 18.0 Å². The average molecular weight is 254 g/mol. The molecule has 4 heteroatoms. The molecule has 0 radical (unpaired) electrons. The number of rotatable bonds is 5. The Morgan fingerprint density at radius 2 is 2.25 bits per heavy atom. The number of halogens is 1. The first-order chi connectivity index (χ1) is 7.74. The molecule has 2 nitrogen and oxygen atoms in total. The van der Waals surface area contributed by atoms with Gasteiger partial charge in [-0.2, -0.15) is 0 Å². The molecule has 0 aliphatic carbocycles. The van der Waals surface area contributed by atoms with Crippen molar-refractivity contribution in [3.63, 3.8) is 0 Å². The summed E-state index contributed by atoms with van der Waals surface area (Å²) in [5.41, 5.74) is 1.04. The largest absolute Gasteiger partial charge is 0.344 e. The summed E-state index contributed by atoms with van der Waals surface area (Å²) in [6, 6.07) is 7.61. The van der Waals surface area contributed by atoms with Crippen LogP contribution in [-0.2, 0) is 10.5 Å². The predicted octanol–water partition coefficient (Wildman–Crippen LogP) is 2.32. The van der Waals surface area contributed by atoms with Gasteiger partial charge in [0.05, 0.1) is 12.3 Å². The molecule has 0 saturated carbocycles. The number of nitrogens with one attached hydrogen (secondary N) is 1. The van der Waals surface area contributed by atoms with Crippen LogP contribution in [0.5, 0.6) is 0 Å². The summed E-state index contributed by atoms with van der Waals surface area (Å²) in [5, 5.41) is 3.34. The quantitative estimate of drug-likeness (QED) is 0.816. The van der Waals surface area contributed by atoms with Crippen molar-refractivity contribution in [3.8, 4) is 12.3 Å². The Kier molecular flexibility index (Phi) is 5.84. The van der Waals surface area contributed by atoms with E-state index in [2.05, 4.69) is 11.2 Å². The van der Waals surface area contributed by atoms with Crippen LogP contribution < -0.4 is 5.32 Å². The van der Waals surface area contributed by atoms with Crippen molar-refractivity contribution < 1.29 is 4.79 Å². The van der Waals surface area contributed by atoms with Crippen LogP contribution >= 0.6 is 23.4 Å². The summed E-state index contributed by atoms with van der Waals surface area (Å²) in [7, 11) is 0. The molecule has 16 heavy (non-hydrogen) atoms. The number of hydrogen-bond acceptors (Lipinski definition) is 2. The summed E-state index contributed by atoms with van der Waals surface area (Å²) in [6.45, 7) is 0.283. The van der Waals surface area contributed by atoms with Gasteiger partial charge < -0.3 is 5.32 Å². The molecule has 1 aromatic rings. The summed E-state index contributed by atoms with van der Waals surface area (Å²) in [4.78, 5) is 11.2. The first-order valence-corrected chi connectivity index (χ1v) is 6.28. The zero-order chi connectivity index (χ0) is 11.8. The van der Waals surface area contributed by atoms with Gasteiger partial charge in [-0.3, -0.25) is 4.79 Å². The third-order valence-corrected chi connectivity index (χ3v) is 3.19. The highest BCUT2D eigenvalue weighted by Gasteiger charge is 2.02. The fourth-order valence-corrected chi connectivity index (χ4v) is 2.21. The van der Waals surface area contributed by atoms with Crippen molar-refractivity contribution >= 4 is 29.3 Å². The van der Waals surface area contributed by atoms with E-state index in [1.165, 1.54) is 11.8 Å². The van der Waals surface area contributed by atoms with E-state index in [0.29, 0.717) is 5.75 Å². The molecule has 0 heterocycles. The Labute approximate surface area is 105 Å². The fourth-order valence-electron chi connectivity index (χ4n) is 1.07. The van der Waals surface area contributed by atoms with Crippen LogP contribution in [0.25, 0.3) is 0 Å². The van der Waals surface area contributed by atoms with Crippen LogP contribution in [0, 0.1) is 12.3 Å². The lowest BCUT2D eigenvalue weighted by atomic mass is 10.2. The molecular weight excluding hydrogens is 242 g/mol. The van der Waals surface area contributed by atoms with Crippen molar-refractivity contribution in [1.29, 1.82) is 0 Å². The number of terminal acetylenes is 1. The maximum absolute atomic E-state index is 11.2. The topological polar surface area (TPSA) is 29.1 Å². The first kappa shape index (κ1) is 13.0. The molecule has 0 fully saturated rings. The normalized spacial score (nSPS) is 9.50. The molecule has 1 rings (SSSR count). The Morgan fingerprint density at radius 3 is 2.94 bits per heavy atom. The van der Waals surface area contributed by atoms with Gasteiger partial charge in [-0.05, 0) is 11.6 Å². The summed E-state index contributed by atoms with van der Waals surface area (Å²) < 4.78 is 0. The summed E-state index contributed by atoms with van der Waals surface area (Å²) in [6.07, 6.45) is 5.03. The second kappa shape index (κ2) is 7.21. The molecule has 1 aromatic carbocycles. The minimum Gasteiger partial charge on any atom is -0.344 e. The second-order valence-corrected chi connectivity index (χ2v) is 4.46. The van der Waals surface area contributed by atoms with Crippen molar-refractivity contribution in [2.24, 2.45) is 0 Å². The van der Waals surface area contributed by atoms with Crippen molar-refractivity contribution in [3.05, 3.63) is 34.9 Å². The summed E-state index contributed by atoms with van der Waals surface area (Å²) >= 11 is 7.50. The van der Waals surface area contributed by atoms with Crippen LogP contribution in [0.15, 0.2) is 24.3 Å². The van der Waals surface area contributed by atoms with E-state index in [-0.39, 0.29) is 12.5 Å². The molecule has 1 N–H and O–H groups in total. The highest BCUT2D eigenvalue weighted by Crippen LogP contribution is 2.20. The van der Waals surface area contributed by atoms with E-state index >= 15 is 0 Å². The lowest BCUT2D eigenvalue weighted by Crippen LogP contribution is -2.25. The SMILES string of the molecule is C#CCNC(=O)CSCc1ccccc1Cl. The number of thioether (sulfide) groups is 1. The highest BCUT2D eigenvalue weighted by molar-refractivity contribution is 7.99. The molecule has 0 aromatic heterocycles. The average Bonchev–Trinajstić information content (AvgIpc) is 2.29. The summed E-state index contributed by atoms with van der Waals surface area (Å²) in [5.74, 6) is 3.43. The second-order valence-electron chi connectivity index (χ2n) is 3.07. The predicted molar refractivity (Wildman–Crippen MR) is 69.5 cm³/mol. The van der Waals surface area contributed by atoms with Gasteiger partial charge in [0.1, 0.15) is 0 Å². The van der Waals surface area contributed by atoms with Gasteiger partial charge >= 0.3 is 0 Å². The molecule has 0 unspecified atom stereocenters. The number of benzene rings is 1. The van der Waals surface area contributed by atoms with Gasteiger partial charge in [0.2, 0.25) is 5.91 Å². The monoisotopic (exact) mass is 253 g/mol. The third kappa shape index (κ3) is 4.61. The maximum atomic E-state index is 11.2. The lowest BCUT2D eigenvalue weighted by Gasteiger charge is -2.04. The Morgan fingerprint density at radius 1 is 1.50 bits per heavy atom. The molecule has 0 aliphatic rings. The van der Waals surface area contributed by atoms with E-state index in [1.807, 2.05) is 24.3 Å². The number of carbonyl (C=O) groups excluding carboxylic acids is 1.